The molecule has 0 aromatic carbocycles. The topological polar surface area (TPSA) is 113 Å². The zero-order valence-corrected chi connectivity index (χ0v) is 9.99. The van der Waals surface area contributed by atoms with E-state index in [9.17, 15) is 14.7 Å². The molecule has 96 valence electrons. The quantitative estimate of drug-likeness (QED) is 0.541. The van der Waals surface area contributed by atoms with Crippen molar-refractivity contribution < 1.29 is 5.11 Å². The molecule has 0 aliphatic rings. The van der Waals surface area contributed by atoms with Gasteiger partial charge in [0.2, 0.25) is 0 Å². The maximum Gasteiger partial charge on any atom is 0.329 e. The average molecular weight is 242 g/mol. The molecule has 0 saturated carbocycles. The van der Waals surface area contributed by atoms with Crippen LogP contribution in [0.1, 0.15) is 19.8 Å². The number of H-pyrrole nitrogens is 1. The normalized spacial score (nSPS) is 12.4. The first-order valence-electron chi connectivity index (χ1n) is 5.48. The Morgan fingerprint density at radius 1 is 1.53 bits per heavy atom. The lowest BCUT2D eigenvalue weighted by atomic mass is 10.2. The number of nitrogen functional groups attached to an aromatic ring is 1. The van der Waals surface area contributed by atoms with Gasteiger partial charge >= 0.3 is 5.69 Å². The summed E-state index contributed by atoms with van der Waals surface area (Å²) < 4.78 is 1.13. The van der Waals surface area contributed by atoms with Crippen molar-refractivity contribution in [3.05, 3.63) is 20.8 Å². The summed E-state index contributed by atoms with van der Waals surface area (Å²) in [6.45, 7) is 2.18. The molecule has 7 nitrogen and oxygen atoms in total. The van der Waals surface area contributed by atoms with Crippen LogP contribution in [0.3, 0.4) is 0 Å². The third-order valence-corrected chi connectivity index (χ3v) is 2.51. The van der Waals surface area contributed by atoms with Crippen LogP contribution in [0.5, 0.6) is 0 Å². The summed E-state index contributed by atoms with van der Waals surface area (Å²) in [6.07, 6.45) is 0.939. The van der Waals surface area contributed by atoms with E-state index in [1.54, 1.807) is 0 Å². The van der Waals surface area contributed by atoms with E-state index in [1.807, 2.05) is 6.92 Å². The zero-order chi connectivity index (χ0) is 13.0. The number of nitrogens with two attached hydrogens (primary N) is 1. The Bertz CT molecular complexity index is 491. The fourth-order valence-corrected chi connectivity index (χ4v) is 1.46. The summed E-state index contributed by atoms with van der Waals surface area (Å²) in [7, 11) is 1.46. The van der Waals surface area contributed by atoms with Gasteiger partial charge in [-0.25, -0.2) is 4.79 Å². The second-order valence-electron chi connectivity index (χ2n) is 3.90. The highest BCUT2D eigenvalue weighted by Crippen LogP contribution is 2.08. The van der Waals surface area contributed by atoms with Crippen LogP contribution in [0.4, 0.5) is 11.5 Å². The van der Waals surface area contributed by atoms with Gasteiger partial charge in [-0.2, -0.15) is 0 Å². The second-order valence-corrected chi connectivity index (χ2v) is 3.90. The molecule has 1 rings (SSSR count). The Kier molecular flexibility index (Phi) is 4.33. The number of nitrogens with one attached hydrogen (secondary N) is 2. The average Bonchev–Trinajstić information content (AvgIpc) is 2.26. The fraction of sp³-hybridized carbons (Fsp3) is 0.600. The first kappa shape index (κ1) is 13.3. The summed E-state index contributed by atoms with van der Waals surface area (Å²) in [6, 6.07) is 0. The number of hydrogen-bond acceptors (Lipinski definition) is 5. The van der Waals surface area contributed by atoms with Crippen LogP contribution in [-0.4, -0.2) is 27.3 Å². The summed E-state index contributed by atoms with van der Waals surface area (Å²) in [5.41, 5.74) is 4.62. The van der Waals surface area contributed by atoms with Crippen LogP contribution in [0, 0.1) is 0 Å². The number of rotatable bonds is 5. The molecule has 1 aromatic heterocycles. The number of aromatic amines is 1. The van der Waals surface area contributed by atoms with Gasteiger partial charge in [-0.3, -0.25) is 14.3 Å². The maximum atomic E-state index is 11.5. The molecule has 0 aliphatic carbocycles. The Morgan fingerprint density at radius 2 is 2.18 bits per heavy atom. The first-order valence-corrected chi connectivity index (χ1v) is 5.48. The van der Waals surface area contributed by atoms with Crippen molar-refractivity contribution >= 4 is 11.5 Å². The van der Waals surface area contributed by atoms with E-state index >= 15 is 0 Å². The molecule has 0 fully saturated rings. The van der Waals surface area contributed by atoms with Gasteiger partial charge in [0.05, 0.1) is 6.10 Å². The van der Waals surface area contributed by atoms with Crippen LogP contribution in [-0.2, 0) is 7.05 Å². The van der Waals surface area contributed by atoms with Crippen molar-refractivity contribution in [3.8, 4) is 0 Å². The van der Waals surface area contributed by atoms with Crippen LogP contribution in [0.2, 0.25) is 0 Å². The smallest absolute Gasteiger partial charge is 0.329 e. The Balaban J connectivity index is 2.89. The lowest BCUT2D eigenvalue weighted by molar-refractivity contribution is 0.176. The van der Waals surface area contributed by atoms with Crippen molar-refractivity contribution in [1.82, 2.24) is 9.55 Å². The number of anilines is 2. The molecular formula is C10H18N4O3. The second kappa shape index (κ2) is 5.53. The number of hydrogen-bond donors (Lipinski definition) is 4. The molecule has 7 heteroatoms. The SMILES string of the molecule is CCCC(O)CNc1c(N)n(C)c(=O)[nH]c1=O. The third-order valence-electron chi connectivity index (χ3n) is 2.51. The highest BCUT2D eigenvalue weighted by atomic mass is 16.3. The molecule has 0 spiro atoms. The van der Waals surface area contributed by atoms with Gasteiger partial charge in [0.25, 0.3) is 5.56 Å². The van der Waals surface area contributed by atoms with E-state index in [-0.39, 0.29) is 18.1 Å². The summed E-state index contributed by atoms with van der Waals surface area (Å²) in [4.78, 5) is 24.8. The highest BCUT2D eigenvalue weighted by molar-refractivity contribution is 5.60. The Morgan fingerprint density at radius 3 is 2.76 bits per heavy atom. The third kappa shape index (κ3) is 3.10. The van der Waals surface area contributed by atoms with Crippen molar-refractivity contribution in [2.75, 3.05) is 17.6 Å². The molecule has 0 aliphatic heterocycles. The van der Waals surface area contributed by atoms with Gasteiger partial charge in [-0.05, 0) is 6.42 Å². The van der Waals surface area contributed by atoms with Gasteiger partial charge < -0.3 is 16.2 Å². The van der Waals surface area contributed by atoms with E-state index < -0.39 is 17.4 Å². The van der Waals surface area contributed by atoms with Gasteiger partial charge in [-0.15, -0.1) is 0 Å². The molecular weight excluding hydrogens is 224 g/mol. The highest BCUT2D eigenvalue weighted by Gasteiger charge is 2.11. The fourth-order valence-electron chi connectivity index (χ4n) is 1.46. The van der Waals surface area contributed by atoms with Crippen LogP contribution >= 0.6 is 0 Å². The number of nitrogens with zero attached hydrogens (tertiary/aromatic N) is 1. The standard InChI is InChI=1S/C10H18N4O3/c1-3-4-6(15)5-12-7-8(11)14(2)10(17)13-9(7)16/h6,12,15H,3-5,11H2,1-2H3,(H,13,16,17). The monoisotopic (exact) mass is 242 g/mol. The Labute approximate surface area is 98.3 Å². The summed E-state index contributed by atoms with van der Waals surface area (Å²) >= 11 is 0. The largest absolute Gasteiger partial charge is 0.391 e. The number of aliphatic hydroxyl groups is 1. The van der Waals surface area contributed by atoms with Crippen LogP contribution in [0.25, 0.3) is 0 Å². The minimum Gasteiger partial charge on any atom is -0.391 e. The molecule has 5 N–H and O–H groups in total. The van der Waals surface area contributed by atoms with Gasteiger partial charge in [0.15, 0.2) is 0 Å². The van der Waals surface area contributed by atoms with Crippen LogP contribution in [0.15, 0.2) is 9.59 Å². The molecule has 1 atom stereocenters. The molecule has 0 saturated heterocycles. The predicted molar refractivity (Wildman–Crippen MR) is 66.1 cm³/mol. The maximum absolute atomic E-state index is 11.5. The van der Waals surface area contributed by atoms with Crippen molar-refractivity contribution in [2.45, 2.75) is 25.9 Å². The molecule has 0 radical (unpaired) electrons. The van der Waals surface area contributed by atoms with Gasteiger partial charge in [0.1, 0.15) is 11.5 Å². The van der Waals surface area contributed by atoms with Crippen LogP contribution < -0.4 is 22.3 Å². The predicted octanol–water partition coefficient (Wildman–Crippen LogP) is -0.771. The van der Waals surface area contributed by atoms with Gasteiger partial charge in [-0.1, -0.05) is 13.3 Å². The lowest BCUT2D eigenvalue weighted by Gasteiger charge is -2.13. The van der Waals surface area contributed by atoms with E-state index in [4.69, 9.17) is 5.73 Å². The minimum absolute atomic E-state index is 0.0578. The number of aromatic nitrogens is 2. The van der Waals surface area contributed by atoms with E-state index in [1.165, 1.54) is 7.05 Å². The van der Waals surface area contributed by atoms with E-state index in [0.717, 1.165) is 11.0 Å². The summed E-state index contributed by atoms with van der Waals surface area (Å²) in [5.74, 6) is 0.0578. The molecule has 1 unspecified atom stereocenters. The van der Waals surface area contributed by atoms with Crippen molar-refractivity contribution in [2.24, 2.45) is 7.05 Å². The number of aliphatic hydroxyl groups excluding tert-OH is 1. The van der Waals surface area contributed by atoms with E-state index in [2.05, 4.69) is 10.3 Å². The molecule has 0 amide bonds. The zero-order valence-electron chi connectivity index (χ0n) is 9.99. The molecule has 1 heterocycles. The van der Waals surface area contributed by atoms with Crippen molar-refractivity contribution in [3.63, 3.8) is 0 Å². The lowest BCUT2D eigenvalue weighted by Crippen LogP contribution is -2.33. The molecule has 0 bridgehead atoms. The Hall–Kier alpha value is -1.76. The molecule has 17 heavy (non-hydrogen) atoms. The van der Waals surface area contributed by atoms with Crippen molar-refractivity contribution in [1.29, 1.82) is 0 Å². The van der Waals surface area contributed by atoms with Gasteiger partial charge in [0, 0.05) is 13.6 Å². The van der Waals surface area contributed by atoms with E-state index in [0.29, 0.717) is 6.42 Å². The summed E-state index contributed by atoms with van der Waals surface area (Å²) in [5, 5.41) is 12.3. The first-order chi connectivity index (χ1) is 7.97. The molecule has 1 aromatic rings. The minimum atomic E-state index is -0.575.